The Balaban J connectivity index is 1.59. The molecule has 1 aromatic heterocycles. The van der Waals surface area contributed by atoms with Crippen molar-refractivity contribution in [3.05, 3.63) is 58.9 Å². The molecular formula is C20H21N3O2S. The molecule has 5 nitrogen and oxygen atoms in total. The average Bonchev–Trinajstić information content (AvgIpc) is 3.09. The van der Waals surface area contributed by atoms with Crippen molar-refractivity contribution in [2.24, 2.45) is 0 Å². The van der Waals surface area contributed by atoms with E-state index in [0.29, 0.717) is 0 Å². The smallest absolute Gasteiger partial charge is 0.246 e. The number of rotatable bonds is 6. The molecule has 0 radical (unpaired) electrons. The Hall–Kier alpha value is -2.86. The maximum atomic E-state index is 12.3. The summed E-state index contributed by atoms with van der Waals surface area (Å²) in [6.07, 6.45) is 0. The van der Waals surface area contributed by atoms with Crippen molar-refractivity contribution < 1.29 is 9.53 Å². The molecular weight excluding hydrogens is 346 g/mol. The summed E-state index contributed by atoms with van der Waals surface area (Å²) in [5, 5.41) is 9.19. The van der Waals surface area contributed by atoms with Crippen molar-refractivity contribution >= 4 is 28.6 Å². The molecule has 0 fully saturated rings. The normalized spacial score (nSPS) is 11.7. The molecule has 0 saturated carbocycles. The van der Waals surface area contributed by atoms with E-state index < -0.39 is 0 Å². The van der Waals surface area contributed by atoms with Crippen LogP contribution in [0, 0.1) is 6.92 Å². The summed E-state index contributed by atoms with van der Waals surface area (Å²) >= 11 is 1.63. The first-order chi connectivity index (χ1) is 12.5. The molecule has 134 valence electrons. The molecule has 0 aliphatic carbocycles. The molecule has 6 heteroatoms. The van der Waals surface area contributed by atoms with E-state index in [1.807, 2.05) is 67.8 Å². The highest BCUT2D eigenvalue weighted by atomic mass is 32.1. The maximum Gasteiger partial charge on any atom is 0.246 e. The highest BCUT2D eigenvalue weighted by molar-refractivity contribution is 7.09. The van der Waals surface area contributed by atoms with Crippen LogP contribution in [0.25, 0.3) is 11.3 Å². The van der Waals surface area contributed by atoms with Crippen LogP contribution in [-0.4, -0.2) is 24.0 Å². The third-order valence-corrected chi connectivity index (χ3v) is 4.71. The number of carbonyl (C=O) groups excluding carboxylic acids is 1. The SMILES string of the molecule is COc1ccc(NC(=O)[C@@H](C)Nc2ccc(-c3csc(C)n3)cc2)cc1. The molecule has 3 aromatic rings. The largest absolute Gasteiger partial charge is 0.497 e. The lowest BCUT2D eigenvalue weighted by Crippen LogP contribution is -2.31. The summed E-state index contributed by atoms with van der Waals surface area (Å²) in [5.41, 5.74) is 3.66. The molecule has 0 aliphatic rings. The Morgan fingerprint density at radius 1 is 1.08 bits per heavy atom. The number of nitrogens with one attached hydrogen (secondary N) is 2. The van der Waals surface area contributed by atoms with Crippen LogP contribution in [0.2, 0.25) is 0 Å². The van der Waals surface area contributed by atoms with Crippen LogP contribution in [0.15, 0.2) is 53.9 Å². The van der Waals surface area contributed by atoms with E-state index in [1.54, 1.807) is 18.4 Å². The van der Waals surface area contributed by atoms with Crippen LogP contribution in [0.3, 0.4) is 0 Å². The molecule has 1 heterocycles. The fraction of sp³-hybridized carbons (Fsp3) is 0.200. The van der Waals surface area contributed by atoms with Gasteiger partial charge in [0.1, 0.15) is 11.8 Å². The van der Waals surface area contributed by atoms with E-state index >= 15 is 0 Å². The summed E-state index contributed by atoms with van der Waals surface area (Å²) < 4.78 is 5.11. The zero-order chi connectivity index (χ0) is 18.5. The molecule has 0 unspecified atom stereocenters. The predicted octanol–water partition coefficient (Wildman–Crippen LogP) is 4.57. The first-order valence-corrected chi connectivity index (χ1v) is 9.17. The van der Waals surface area contributed by atoms with Gasteiger partial charge in [-0.2, -0.15) is 0 Å². The highest BCUT2D eigenvalue weighted by Gasteiger charge is 2.13. The van der Waals surface area contributed by atoms with Crippen molar-refractivity contribution in [1.82, 2.24) is 4.98 Å². The number of aromatic nitrogens is 1. The Kier molecular flexibility index (Phi) is 5.53. The number of methoxy groups -OCH3 is 1. The molecule has 0 spiro atoms. The Morgan fingerprint density at radius 3 is 2.31 bits per heavy atom. The van der Waals surface area contributed by atoms with Gasteiger partial charge in [-0.25, -0.2) is 4.98 Å². The lowest BCUT2D eigenvalue weighted by molar-refractivity contribution is -0.116. The second kappa shape index (κ2) is 8.01. The summed E-state index contributed by atoms with van der Waals surface area (Å²) in [6, 6.07) is 14.8. The summed E-state index contributed by atoms with van der Waals surface area (Å²) in [4.78, 5) is 16.8. The first kappa shape index (κ1) is 17.9. The van der Waals surface area contributed by atoms with Crippen LogP contribution in [0.1, 0.15) is 11.9 Å². The van der Waals surface area contributed by atoms with E-state index in [2.05, 4.69) is 15.6 Å². The van der Waals surface area contributed by atoms with Crippen LogP contribution in [0.4, 0.5) is 11.4 Å². The number of hydrogen-bond donors (Lipinski definition) is 2. The second-order valence-electron chi connectivity index (χ2n) is 5.91. The van der Waals surface area contributed by atoms with Crippen molar-refractivity contribution in [1.29, 1.82) is 0 Å². The summed E-state index contributed by atoms with van der Waals surface area (Å²) in [7, 11) is 1.61. The average molecular weight is 367 g/mol. The van der Waals surface area contributed by atoms with E-state index in [-0.39, 0.29) is 11.9 Å². The van der Waals surface area contributed by atoms with E-state index in [4.69, 9.17) is 4.74 Å². The van der Waals surface area contributed by atoms with Crippen LogP contribution >= 0.6 is 11.3 Å². The van der Waals surface area contributed by atoms with Gasteiger partial charge in [0.15, 0.2) is 0 Å². The summed E-state index contributed by atoms with van der Waals surface area (Å²) in [5.74, 6) is 0.652. The quantitative estimate of drug-likeness (QED) is 0.670. The van der Waals surface area contributed by atoms with Gasteiger partial charge in [0.2, 0.25) is 5.91 Å². The van der Waals surface area contributed by atoms with E-state index in [0.717, 1.165) is 33.4 Å². The molecule has 1 amide bonds. The minimum absolute atomic E-state index is 0.102. The maximum absolute atomic E-state index is 12.3. The third-order valence-electron chi connectivity index (χ3n) is 3.93. The molecule has 2 aromatic carbocycles. The van der Waals surface area contributed by atoms with Crippen molar-refractivity contribution in [2.75, 3.05) is 17.7 Å². The number of nitrogens with zero attached hydrogens (tertiary/aromatic N) is 1. The predicted molar refractivity (Wildman–Crippen MR) is 107 cm³/mol. The minimum Gasteiger partial charge on any atom is -0.497 e. The monoisotopic (exact) mass is 367 g/mol. The number of benzene rings is 2. The number of amides is 1. The lowest BCUT2D eigenvalue weighted by Gasteiger charge is -2.15. The van der Waals surface area contributed by atoms with Gasteiger partial charge in [0.25, 0.3) is 0 Å². The van der Waals surface area contributed by atoms with Gasteiger partial charge >= 0.3 is 0 Å². The molecule has 26 heavy (non-hydrogen) atoms. The van der Waals surface area contributed by atoms with Crippen LogP contribution in [-0.2, 0) is 4.79 Å². The Bertz CT molecular complexity index is 873. The Labute approximate surface area is 157 Å². The fourth-order valence-electron chi connectivity index (χ4n) is 2.47. The van der Waals surface area contributed by atoms with Gasteiger partial charge in [0, 0.05) is 22.3 Å². The highest BCUT2D eigenvalue weighted by Crippen LogP contribution is 2.23. The van der Waals surface area contributed by atoms with E-state index in [1.165, 1.54) is 0 Å². The molecule has 2 N–H and O–H groups in total. The van der Waals surface area contributed by atoms with Gasteiger partial charge in [0.05, 0.1) is 17.8 Å². The van der Waals surface area contributed by atoms with Gasteiger partial charge in [-0.1, -0.05) is 12.1 Å². The number of thiazole rings is 1. The van der Waals surface area contributed by atoms with Crippen molar-refractivity contribution in [3.8, 4) is 17.0 Å². The van der Waals surface area contributed by atoms with Crippen molar-refractivity contribution in [2.45, 2.75) is 19.9 Å². The zero-order valence-corrected chi connectivity index (χ0v) is 15.8. The lowest BCUT2D eigenvalue weighted by atomic mass is 10.1. The van der Waals surface area contributed by atoms with Crippen LogP contribution in [0.5, 0.6) is 5.75 Å². The summed E-state index contributed by atoms with van der Waals surface area (Å²) in [6.45, 7) is 3.82. The number of carbonyl (C=O) groups is 1. The molecule has 3 rings (SSSR count). The standard InChI is InChI=1S/C20H21N3O2S/c1-13(20(24)23-17-8-10-18(25-3)11-9-17)21-16-6-4-15(5-7-16)19-12-26-14(2)22-19/h4-13,21H,1-3H3,(H,23,24)/t13-/m1/s1. The second-order valence-corrected chi connectivity index (χ2v) is 6.98. The Morgan fingerprint density at radius 2 is 1.73 bits per heavy atom. The van der Waals surface area contributed by atoms with Gasteiger partial charge < -0.3 is 15.4 Å². The molecule has 0 aliphatic heterocycles. The number of anilines is 2. The topological polar surface area (TPSA) is 63.2 Å². The zero-order valence-electron chi connectivity index (χ0n) is 14.9. The number of hydrogen-bond acceptors (Lipinski definition) is 5. The number of aryl methyl sites for hydroxylation is 1. The minimum atomic E-state index is -0.371. The van der Waals surface area contributed by atoms with E-state index in [9.17, 15) is 4.79 Å². The third kappa shape index (κ3) is 4.40. The van der Waals surface area contributed by atoms with Gasteiger partial charge in [-0.3, -0.25) is 4.79 Å². The fourth-order valence-corrected chi connectivity index (χ4v) is 3.10. The molecule has 1 atom stereocenters. The first-order valence-electron chi connectivity index (χ1n) is 8.29. The van der Waals surface area contributed by atoms with Crippen LogP contribution < -0.4 is 15.4 Å². The van der Waals surface area contributed by atoms with Crippen molar-refractivity contribution in [3.63, 3.8) is 0 Å². The van der Waals surface area contributed by atoms with Gasteiger partial charge in [-0.05, 0) is 50.2 Å². The molecule has 0 bridgehead atoms. The molecule has 0 saturated heterocycles. The number of ether oxygens (including phenoxy) is 1. The van der Waals surface area contributed by atoms with Gasteiger partial charge in [-0.15, -0.1) is 11.3 Å².